The van der Waals surface area contributed by atoms with Crippen LogP contribution in [0.1, 0.15) is 29.8 Å². The van der Waals surface area contributed by atoms with E-state index in [2.05, 4.69) is 21.8 Å². The smallest absolute Gasteiger partial charge is 0.261 e. The van der Waals surface area contributed by atoms with Crippen LogP contribution in [0.4, 0.5) is 5.69 Å². The topological polar surface area (TPSA) is 99.2 Å². The average Bonchev–Trinajstić information content (AvgIpc) is 2.91. The Morgan fingerprint density at radius 3 is 2.39 bits per heavy atom. The molecule has 8 nitrogen and oxygen atoms in total. The predicted molar refractivity (Wildman–Crippen MR) is 148 cm³/mol. The minimum absolute atomic E-state index is 0.0180. The number of ether oxygens (including phenoxy) is 1. The van der Waals surface area contributed by atoms with Crippen molar-refractivity contribution >= 4 is 21.6 Å². The predicted octanol–water partition coefficient (Wildman–Crippen LogP) is 3.84. The summed E-state index contributed by atoms with van der Waals surface area (Å²) in [6.07, 6.45) is -0.240. The number of hydrogen-bond donors (Lipinski definition) is 2. The van der Waals surface area contributed by atoms with Gasteiger partial charge in [0.2, 0.25) is 0 Å². The molecule has 202 valence electrons. The molecule has 3 atom stereocenters. The molecular formula is C29H35N3O5S. The van der Waals surface area contributed by atoms with Gasteiger partial charge in [-0.05, 0) is 49.9 Å². The van der Waals surface area contributed by atoms with E-state index in [1.54, 1.807) is 42.2 Å². The van der Waals surface area contributed by atoms with Gasteiger partial charge in [-0.2, -0.15) is 0 Å². The van der Waals surface area contributed by atoms with Crippen LogP contribution in [0.3, 0.4) is 0 Å². The zero-order chi connectivity index (χ0) is 27.3. The van der Waals surface area contributed by atoms with Gasteiger partial charge in [0.15, 0.2) is 0 Å². The Bertz CT molecular complexity index is 1330. The maximum Gasteiger partial charge on any atom is 0.261 e. The van der Waals surface area contributed by atoms with Crippen LogP contribution in [0.2, 0.25) is 0 Å². The van der Waals surface area contributed by atoms with E-state index in [0.29, 0.717) is 18.8 Å². The molecule has 0 spiro atoms. The van der Waals surface area contributed by atoms with Crippen molar-refractivity contribution in [3.05, 3.63) is 90.0 Å². The third kappa shape index (κ3) is 6.53. The van der Waals surface area contributed by atoms with Crippen LogP contribution < -0.4 is 9.46 Å². The lowest BCUT2D eigenvalue weighted by molar-refractivity contribution is 0.0341. The SMILES string of the molecule is C[C@@H]1CN([C@H](C)CO)C(=O)c2cc(NS(=O)(=O)c3ccccc3)ccc2O[C@@H]1CN(C)Cc1ccccc1. The van der Waals surface area contributed by atoms with E-state index in [4.69, 9.17) is 4.74 Å². The van der Waals surface area contributed by atoms with Gasteiger partial charge in [0.05, 0.1) is 23.1 Å². The number of nitrogens with zero attached hydrogens (tertiary/aromatic N) is 2. The summed E-state index contributed by atoms with van der Waals surface area (Å²) in [4.78, 5) is 17.6. The van der Waals surface area contributed by atoms with Crippen molar-refractivity contribution in [2.45, 2.75) is 37.4 Å². The van der Waals surface area contributed by atoms with Crippen molar-refractivity contribution in [2.75, 3.05) is 31.5 Å². The highest BCUT2D eigenvalue weighted by atomic mass is 32.2. The molecule has 3 aromatic rings. The Labute approximate surface area is 224 Å². The fraction of sp³-hybridized carbons (Fsp3) is 0.345. The Hall–Kier alpha value is -3.40. The van der Waals surface area contributed by atoms with Crippen molar-refractivity contribution in [3.63, 3.8) is 0 Å². The third-order valence-corrected chi connectivity index (χ3v) is 8.15. The molecule has 0 aliphatic carbocycles. The molecule has 0 radical (unpaired) electrons. The quantitative estimate of drug-likeness (QED) is 0.430. The third-order valence-electron chi connectivity index (χ3n) is 6.76. The molecule has 1 aliphatic heterocycles. The molecule has 2 N–H and O–H groups in total. The Morgan fingerprint density at radius 1 is 1.08 bits per heavy atom. The lowest BCUT2D eigenvalue weighted by Crippen LogP contribution is -2.49. The number of sulfonamides is 1. The van der Waals surface area contributed by atoms with E-state index < -0.39 is 16.1 Å². The molecule has 1 heterocycles. The summed E-state index contributed by atoms with van der Waals surface area (Å²) in [6.45, 7) is 5.41. The van der Waals surface area contributed by atoms with Crippen LogP contribution in [-0.4, -0.2) is 68.1 Å². The van der Waals surface area contributed by atoms with Gasteiger partial charge in [-0.15, -0.1) is 0 Å². The molecule has 3 aromatic carbocycles. The van der Waals surface area contributed by atoms with E-state index >= 15 is 0 Å². The van der Waals surface area contributed by atoms with E-state index in [9.17, 15) is 18.3 Å². The fourth-order valence-electron chi connectivity index (χ4n) is 4.58. The van der Waals surface area contributed by atoms with Crippen LogP contribution in [0.15, 0.2) is 83.8 Å². The highest BCUT2D eigenvalue weighted by molar-refractivity contribution is 7.92. The molecule has 0 saturated heterocycles. The maximum absolute atomic E-state index is 13.6. The molecule has 0 saturated carbocycles. The summed E-state index contributed by atoms with van der Waals surface area (Å²) in [5, 5.41) is 9.89. The van der Waals surface area contributed by atoms with Crippen LogP contribution in [0.5, 0.6) is 5.75 Å². The lowest BCUT2D eigenvalue weighted by atomic mass is 9.99. The standard InChI is InChI=1S/C29H35N3O5S/c1-21-17-32(22(2)20-33)29(34)26-16-24(30-38(35,36)25-12-8-5-9-13-25)14-15-27(26)37-28(21)19-31(3)18-23-10-6-4-7-11-23/h4-16,21-22,28,30,33H,17-20H2,1-3H3/t21-,22-,28-/m1/s1. The van der Waals surface area contributed by atoms with Gasteiger partial charge in [-0.25, -0.2) is 8.42 Å². The minimum Gasteiger partial charge on any atom is -0.488 e. The summed E-state index contributed by atoms with van der Waals surface area (Å²) in [6, 6.07) is 22.6. The van der Waals surface area contributed by atoms with Crippen molar-refractivity contribution < 1.29 is 23.1 Å². The molecule has 0 bridgehead atoms. The second-order valence-corrected chi connectivity index (χ2v) is 11.6. The number of amides is 1. The van der Waals surface area contributed by atoms with Crippen molar-refractivity contribution in [1.82, 2.24) is 9.80 Å². The average molecular weight is 538 g/mol. The first-order chi connectivity index (χ1) is 18.2. The van der Waals surface area contributed by atoms with Gasteiger partial charge in [-0.3, -0.25) is 14.4 Å². The van der Waals surface area contributed by atoms with Gasteiger partial charge in [0, 0.05) is 31.2 Å². The summed E-state index contributed by atoms with van der Waals surface area (Å²) in [7, 11) is -1.80. The molecule has 1 aliphatic rings. The highest BCUT2D eigenvalue weighted by Gasteiger charge is 2.33. The number of anilines is 1. The first kappa shape index (κ1) is 27.6. The molecule has 38 heavy (non-hydrogen) atoms. The molecule has 0 aromatic heterocycles. The van der Waals surface area contributed by atoms with Gasteiger partial charge >= 0.3 is 0 Å². The molecule has 1 amide bonds. The number of aliphatic hydroxyl groups excluding tert-OH is 1. The van der Waals surface area contributed by atoms with Gasteiger partial charge in [0.25, 0.3) is 15.9 Å². The second kappa shape index (κ2) is 12.0. The Kier molecular flexibility index (Phi) is 8.71. The zero-order valence-corrected chi connectivity index (χ0v) is 22.8. The number of hydrogen-bond acceptors (Lipinski definition) is 6. The molecule has 0 unspecified atom stereocenters. The Morgan fingerprint density at radius 2 is 1.74 bits per heavy atom. The van der Waals surface area contributed by atoms with Crippen LogP contribution in [-0.2, 0) is 16.6 Å². The Balaban J connectivity index is 1.63. The molecular weight excluding hydrogens is 502 g/mol. The summed E-state index contributed by atoms with van der Waals surface area (Å²) in [5.41, 5.74) is 1.70. The fourth-order valence-corrected chi connectivity index (χ4v) is 5.66. The normalized spacial score (nSPS) is 18.8. The summed E-state index contributed by atoms with van der Waals surface area (Å²) in [5.74, 6) is 0.0540. The number of rotatable bonds is 9. The van der Waals surface area contributed by atoms with Gasteiger partial charge < -0.3 is 14.7 Å². The second-order valence-electron chi connectivity index (χ2n) is 9.93. The van der Waals surface area contributed by atoms with E-state index in [1.165, 1.54) is 23.8 Å². The highest BCUT2D eigenvalue weighted by Crippen LogP contribution is 2.31. The van der Waals surface area contributed by atoms with Crippen molar-refractivity contribution in [3.8, 4) is 5.75 Å². The molecule has 9 heteroatoms. The monoisotopic (exact) mass is 537 g/mol. The largest absolute Gasteiger partial charge is 0.488 e. The number of carbonyl (C=O) groups excluding carboxylic acids is 1. The number of carbonyl (C=O) groups is 1. The summed E-state index contributed by atoms with van der Waals surface area (Å²) < 4.78 is 34.8. The van der Waals surface area contributed by atoms with Crippen LogP contribution >= 0.6 is 0 Å². The van der Waals surface area contributed by atoms with Crippen LogP contribution in [0, 0.1) is 5.92 Å². The minimum atomic E-state index is -3.84. The molecule has 0 fully saturated rings. The zero-order valence-electron chi connectivity index (χ0n) is 21.9. The van der Waals surface area contributed by atoms with Crippen molar-refractivity contribution in [1.29, 1.82) is 0 Å². The molecule has 4 rings (SSSR count). The number of fused-ring (bicyclic) bond motifs is 1. The maximum atomic E-state index is 13.6. The van der Waals surface area contributed by atoms with E-state index in [0.717, 1.165) is 6.54 Å². The first-order valence-corrected chi connectivity index (χ1v) is 14.2. The lowest BCUT2D eigenvalue weighted by Gasteiger charge is -2.38. The number of aliphatic hydroxyl groups is 1. The number of nitrogens with one attached hydrogen (secondary N) is 1. The van der Waals surface area contributed by atoms with Crippen LogP contribution in [0.25, 0.3) is 0 Å². The first-order valence-electron chi connectivity index (χ1n) is 12.7. The number of likely N-dealkylation sites (N-methyl/N-ethyl adjacent to an activating group) is 1. The van der Waals surface area contributed by atoms with E-state index in [-0.39, 0.29) is 40.7 Å². The van der Waals surface area contributed by atoms with Crippen molar-refractivity contribution in [2.24, 2.45) is 5.92 Å². The van der Waals surface area contributed by atoms with Gasteiger partial charge in [-0.1, -0.05) is 55.5 Å². The van der Waals surface area contributed by atoms with E-state index in [1.807, 2.05) is 32.2 Å². The number of benzene rings is 3. The van der Waals surface area contributed by atoms with Gasteiger partial charge in [0.1, 0.15) is 11.9 Å². The summed E-state index contributed by atoms with van der Waals surface area (Å²) >= 11 is 0.